The number of esters is 1. The molecule has 0 N–H and O–H groups in total. The summed E-state index contributed by atoms with van der Waals surface area (Å²) in [7, 11) is 3.37. The quantitative estimate of drug-likeness (QED) is 0.425. The summed E-state index contributed by atoms with van der Waals surface area (Å²) in [6.07, 6.45) is 1.90. The van der Waals surface area contributed by atoms with Crippen molar-refractivity contribution in [2.24, 2.45) is 4.99 Å². The zero-order valence-corrected chi connectivity index (χ0v) is 20.1. The number of benzene rings is 2. The van der Waals surface area contributed by atoms with Crippen LogP contribution >= 0.6 is 11.8 Å². The second-order valence-electron chi connectivity index (χ2n) is 7.75. The molecule has 1 heterocycles. The molecule has 1 amide bonds. The summed E-state index contributed by atoms with van der Waals surface area (Å²) in [5, 5.41) is 0.553. The lowest BCUT2D eigenvalue weighted by Gasteiger charge is -2.14. The molecule has 2 aromatic carbocycles. The molecule has 1 fully saturated rings. The van der Waals surface area contributed by atoms with Crippen molar-refractivity contribution in [3.05, 3.63) is 63.6 Å². The Hall–Kier alpha value is -3.06. The van der Waals surface area contributed by atoms with Gasteiger partial charge in [-0.3, -0.25) is 9.69 Å². The maximum Gasteiger partial charge on any atom is 0.338 e. The first-order valence-corrected chi connectivity index (χ1v) is 11.3. The second kappa shape index (κ2) is 10.0. The molecule has 6 nitrogen and oxygen atoms in total. The predicted octanol–water partition coefficient (Wildman–Crippen LogP) is 5.54. The standard InChI is InChI=1S/C25H28N2O4S/c1-7-31-24(29)17-9-8-10-19(12-17)26-25-27(5)23(28)22(32-25)14-18-13-20(15(2)3)21(30-6)11-16(18)4/h8-15H,7H2,1-6H3. The highest BCUT2D eigenvalue weighted by Crippen LogP contribution is 2.36. The van der Waals surface area contributed by atoms with Crippen LogP contribution in [0.1, 0.15) is 53.7 Å². The average Bonchev–Trinajstić information content (AvgIpc) is 3.02. The molecule has 168 valence electrons. The van der Waals surface area contributed by atoms with Gasteiger partial charge in [0.05, 0.1) is 29.9 Å². The molecule has 0 spiro atoms. The van der Waals surface area contributed by atoms with Gasteiger partial charge >= 0.3 is 5.97 Å². The second-order valence-corrected chi connectivity index (χ2v) is 8.75. The number of ether oxygens (including phenoxy) is 2. The van der Waals surface area contributed by atoms with Gasteiger partial charge < -0.3 is 9.47 Å². The summed E-state index contributed by atoms with van der Waals surface area (Å²) in [6, 6.07) is 11.0. The molecule has 1 saturated heterocycles. The van der Waals surface area contributed by atoms with Crippen LogP contribution in [0.4, 0.5) is 5.69 Å². The average molecular weight is 453 g/mol. The topological polar surface area (TPSA) is 68.2 Å². The van der Waals surface area contributed by atoms with E-state index >= 15 is 0 Å². The first-order valence-electron chi connectivity index (χ1n) is 10.5. The van der Waals surface area contributed by atoms with E-state index in [1.807, 2.05) is 19.1 Å². The van der Waals surface area contributed by atoms with Crippen LogP contribution in [0.5, 0.6) is 5.75 Å². The minimum absolute atomic E-state index is 0.114. The van der Waals surface area contributed by atoms with Gasteiger partial charge in [0.15, 0.2) is 5.17 Å². The van der Waals surface area contributed by atoms with Crippen LogP contribution in [0, 0.1) is 6.92 Å². The number of rotatable bonds is 6. The van der Waals surface area contributed by atoms with E-state index in [-0.39, 0.29) is 5.91 Å². The Kier molecular flexibility index (Phi) is 7.40. The number of likely N-dealkylation sites (N-methyl/N-ethyl adjacent to an activating group) is 1. The Balaban J connectivity index is 1.93. The Bertz CT molecular complexity index is 1110. The number of amides is 1. The van der Waals surface area contributed by atoms with Gasteiger partial charge in [-0.25, -0.2) is 9.79 Å². The maximum absolute atomic E-state index is 12.9. The van der Waals surface area contributed by atoms with E-state index in [4.69, 9.17) is 9.47 Å². The summed E-state index contributed by atoms with van der Waals surface area (Å²) < 4.78 is 10.6. The van der Waals surface area contributed by atoms with E-state index in [0.717, 1.165) is 22.4 Å². The van der Waals surface area contributed by atoms with Crippen molar-refractivity contribution in [2.75, 3.05) is 20.8 Å². The molecular formula is C25H28N2O4S. The number of carbonyl (C=O) groups is 2. The smallest absolute Gasteiger partial charge is 0.338 e. The first-order chi connectivity index (χ1) is 15.2. The molecule has 0 radical (unpaired) electrons. The maximum atomic E-state index is 12.9. The molecule has 1 aliphatic heterocycles. The number of aryl methyl sites for hydroxylation is 1. The largest absolute Gasteiger partial charge is 0.496 e. The summed E-state index contributed by atoms with van der Waals surface area (Å²) in [5.74, 6) is 0.637. The summed E-state index contributed by atoms with van der Waals surface area (Å²) >= 11 is 1.31. The predicted molar refractivity (Wildman–Crippen MR) is 130 cm³/mol. The number of thioether (sulfide) groups is 1. The monoisotopic (exact) mass is 452 g/mol. The Labute approximate surface area is 193 Å². The zero-order valence-electron chi connectivity index (χ0n) is 19.3. The molecule has 0 bridgehead atoms. The van der Waals surface area contributed by atoms with Crippen molar-refractivity contribution in [1.29, 1.82) is 0 Å². The Morgan fingerprint density at radius 2 is 2.00 bits per heavy atom. The van der Waals surface area contributed by atoms with Crippen LogP contribution in [0.3, 0.4) is 0 Å². The van der Waals surface area contributed by atoms with Gasteiger partial charge in [-0.05, 0) is 84.6 Å². The zero-order chi connectivity index (χ0) is 23.4. The van der Waals surface area contributed by atoms with Crippen molar-refractivity contribution >= 4 is 40.6 Å². The van der Waals surface area contributed by atoms with Crippen LogP contribution in [-0.2, 0) is 9.53 Å². The van der Waals surface area contributed by atoms with Crippen molar-refractivity contribution in [3.63, 3.8) is 0 Å². The number of amidine groups is 1. The van der Waals surface area contributed by atoms with Crippen molar-refractivity contribution < 1.29 is 19.1 Å². The van der Waals surface area contributed by atoms with Crippen LogP contribution in [0.2, 0.25) is 0 Å². The number of aliphatic imine (C=N–C) groups is 1. The summed E-state index contributed by atoms with van der Waals surface area (Å²) in [6.45, 7) is 8.30. The van der Waals surface area contributed by atoms with E-state index < -0.39 is 5.97 Å². The molecule has 0 atom stereocenters. The fourth-order valence-corrected chi connectivity index (χ4v) is 4.30. The summed E-state index contributed by atoms with van der Waals surface area (Å²) in [4.78, 5) is 31.6. The van der Waals surface area contributed by atoms with E-state index in [0.29, 0.717) is 33.8 Å². The van der Waals surface area contributed by atoms with Crippen molar-refractivity contribution in [2.45, 2.75) is 33.6 Å². The van der Waals surface area contributed by atoms with Gasteiger partial charge in [-0.1, -0.05) is 19.9 Å². The highest BCUT2D eigenvalue weighted by molar-refractivity contribution is 8.18. The van der Waals surface area contributed by atoms with Crippen molar-refractivity contribution in [1.82, 2.24) is 4.90 Å². The van der Waals surface area contributed by atoms with E-state index in [9.17, 15) is 9.59 Å². The van der Waals surface area contributed by atoms with E-state index in [2.05, 4.69) is 24.9 Å². The highest BCUT2D eigenvalue weighted by Gasteiger charge is 2.30. The fourth-order valence-electron chi connectivity index (χ4n) is 3.32. The number of carbonyl (C=O) groups excluding carboxylic acids is 2. The van der Waals surface area contributed by atoms with Gasteiger partial charge in [0.1, 0.15) is 5.75 Å². The number of hydrogen-bond acceptors (Lipinski definition) is 6. The Morgan fingerprint density at radius 1 is 1.25 bits per heavy atom. The molecule has 0 saturated carbocycles. The van der Waals surface area contributed by atoms with Crippen molar-refractivity contribution in [3.8, 4) is 5.75 Å². The number of nitrogens with zero attached hydrogens (tertiary/aromatic N) is 2. The fraction of sp³-hybridized carbons (Fsp3) is 0.320. The molecule has 0 aliphatic carbocycles. The molecule has 0 unspecified atom stereocenters. The van der Waals surface area contributed by atoms with Gasteiger partial charge in [-0.2, -0.15) is 0 Å². The van der Waals surface area contributed by atoms with Gasteiger partial charge in [0.25, 0.3) is 5.91 Å². The molecule has 32 heavy (non-hydrogen) atoms. The van der Waals surface area contributed by atoms with Crippen LogP contribution in [-0.4, -0.2) is 42.7 Å². The molecular weight excluding hydrogens is 424 g/mol. The van der Waals surface area contributed by atoms with Gasteiger partial charge in [0, 0.05) is 7.05 Å². The molecule has 0 aromatic heterocycles. The highest BCUT2D eigenvalue weighted by atomic mass is 32.2. The first kappa shape index (κ1) is 23.6. The van der Waals surface area contributed by atoms with Gasteiger partial charge in [-0.15, -0.1) is 0 Å². The SMILES string of the molecule is CCOC(=O)c1cccc(N=C2SC(=Cc3cc(C(C)C)c(OC)cc3C)C(=O)N2C)c1. The summed E-state index contributed by atoms with van der Waals surface area (Å²) in [5.41, 5.74) is 4.11. The molecule has 3 rings (SSSR count). The van der Waals surface area contributed by atoms with Crippen LogP contribution < -0.4 is 4.74 Å². The lowest BCUT2D eigenvalue weighted by Crippen LogP contribution is -2.23. The molecule has 7 heteroatoms. The third-order valence-corrected chi connectivity index (χ3v) is 6.17. The normalized spacial score (nSPS) is 16.3. The minimum Gasteiger partial charge on any atom is -0.496 e. The van der Waals surface area contributed by atoms with Crippen LogP contribution in [0.25, 0.3) is 6.08 Å². The van der Waals surface area contributed by atoms with Gasteiger partial charge in [0.2, 0.25) is 0 Å². The molecule has 1 aliphatic rings. The lowest BCUT2D eigenvalue weighted by atomic mass is 9.96. The third kappa shape index (κ3) is 5.05. The van der Waals surface area contributed by atoms with Crippen LogP contribution in [0.15, 0.2) is 46.3 Å². The number of methoxy groups -OCH3 is 1. The Morgan fingerprint density at radius 3 is 2.66 bits per heavy atom. The molecule has 2 aromatic rings. The minimum atomic E-state index is -0.394. The van der Waals surface area contributed by atoms with E-state index in [1.54, 1.807) is 45.3 Å². The number of hydrogen-bond donors (Lipinski definition) is 0. The lowest BCUT2D eigenvalue weighted by molar-refractivity contribution is -0.121. The van der Waals surface area contributed by atoms with E-state index in [1.165, 1.54) is 16.7 Å². The third-order valence-electron chi connectivity index (χ3n) is 5.11.